The molecule has 2 aromatic rings. The van der Waals surface area contributed by atoms with Gasteiger partial charge in [-0.15, -0.1) is 0 Å². The molecule has 0 aromatic heterocycles. The molecule has 2 amide bonds. The first kappa shape index (κ1) is 30.8. The van der Waals surface area contributed by atoms with Crippen molar-refractivity contribution in [3.05, 3.63) is 58.6 Å². The van der Waals surface area contributed by atoms with Gasteiger partial charge in [0.05, 0.1) is 9.79 Å². The molecule has 2 aromatic carbocycles. The summed E-state index contributed by atoms with van der Waals surface area (Å²) in [5.41, 5.74) is 0. The first-order valence-corrected chi connectivity index (χ1v) is 13.1. The molecule has 2 rings (SSSR count). The van der Waals surface area contributed by atoms with Crippen molar-refractivity contribution in [2.45, 2.75) is 37.5 Å². The fourth-order valence-corrected chi connectivity index (χ4v) is 4.88. The van der Waals surface area contributed by atoms with E-state index in [4.69, 9.17) is 23.2 Å². The molecule has 0 bridgehead atoms. The third-order valence-corrected chi connectivity index (χ3v) is 7.37. The molecule has 0 saturated carbocycles. The number of hydroxylamine groups is 2. The first-order valence-electron chi connectivity index (χ1n) is 9.50. The molecule has 36 heavy (non-hydrogen) atoms. The molecule has 0 fully saturated rings. The van der Waals surface area contributed by atoms with E-state index in [-0.39, 0.29) is 18.7 Å². The zero-order valence-corrected chi connectivity index (χ0v) is 22.3. The molecular formula is C20H20Cl2N2O10S2. The van der Waals surface area contributed by atoms with E-state index in [0.717, 1.165) is 27.7 Å². The van der Waals surface area contributed by atoms with Gasteiger partial charge in [0.15, 0.2) is 0 Å². The minimum atomic E-state index is -4.23. The average molecular weight is 583 g/mol. The number of amides is 2. The molecule has 0 aliphatic heterocycles. The number of carbonyl (C=O) groups is 4. The lowest BCUT2D eigenvalue weighted by atomic mass is 10.4. The maximum absolute atomic E-state index is 12.0. The summed E-state index contributed by atoms with van der Waals surface area (Å²) in [7, 11) is -8.46. The number of nitrogens with zero attached hydrogens (tertiary/aromatic N) is 2. The predicted octanol–water partition coefficient (Wildman–Crippen LogP) is 2.71. The molecule has 196 valence electrons. The van der Waals surface area contributed by atoms with Crippen LogP contribution in [0.3, 0.4) is 0 Å². The van der Waals surface area contributed by atoms with Crippen LogP contribution < -0.4 is 0 Å². The van der Waals surface area contributed by atoms with E-state index in [1.54, 1.807) is 0 Å². The van der Waals surface area contributed by atoms with Crippen LogP contribution in [0.25, 0.3) is 0 Å². The molecule has 0 radical (unpaired) electrons. The fourth-order valence-electron chi connectivity index (χ4n) is 2.20. The van der Waals surface area contributed by atoms with Gasteiger partial charge in [0.2, 0.25) is 0 Å². The molecule has 0 unspecified atom stereocenters. The van der Waals surface area contributed by atoms with Crippen LogP contribution in [0.2, 0.25) is 10.0 Å². The normalized spacial score (nSPS) is 10.8. The zero-order valence-electron chi connectivity index (χ0n) is 19.2. The van der Waals surface area contributed by atoms with Gasteiger partial charge < -0.3 is 9.68 Å². The van der Waals surface area contributed by atoms with E-state index in [1.165, 1.54) is 48.5 Å². The number of hydrogen-bond donors (Lipinski definition) is 0. The molecule has 0 saturated heterocycles. The van der Waals surface area contributed by atoms with Crippen LogP contribution in [0.5, 0.6) is 0 Å². The Bertz CT molecular complexity index is 1240. The second-order valence-corrected chi connectivity index (χ2v) is 11.0. The molecule has 0 aliphatic rings. The minimum absolute atomic E-state index is 0.0402. The zero-order chi connectivity index (χ0) is 27.8. The lowest BCUT2D eigenvalue weighted by Crippen LogP contribution is -2.36. The van der Waals surface area contributed by atoms with E-state index >= 15 is 0 Å². The highest BCUT2D eigenvalue weighted by atomic mass is 35.5. The van der Waals surface area contributed by atoms with E-state index in [1.807, 2.05) is 0 Å². The lowest BCUT2D eigenvalue weighted by molar-refractivity contribution is -0.175. The van der Waals surface area contributed by atoms with Gasteiger partial charge in [0.25, 0.3) is 31.9 Å². The van der Waals surface area contributed by atoms with Gasteiger partial charge >= 0.3 is 11.9 Å². The predicted molar refractivity (Wildman–Crippen MR) is 126 cm³/mol. The lowest BCUT2D eigenvalue weighted by Gasteiger charge is -2.18. The van der Waals surface area contributed by atoms with E-state index in [2.05, 4.69) is 9.68 Å². The Morgan fingerprint density at radius 1 is 0.583 bits per heavy atom. The number of carbonyl (C=O) groups excluding carboxylic acids is 4. The Kier molecular flexibility index (Phi) is 10.8. The van der Waals surface area contributed by atoms with E-state index in [9.17, 15) is 36.0 Å². The van der Waals surface area contributed by atoms with Crippen molar-refractivity contribution in [3.8, 4) is 0 Å². The Morgan fingerprint density at radius 2 is 0.833 bits per heavy atom. The van der Waals surface area contributed by atoms with Gasteiger partial charge in [-0.05, 0) is 48.5 Å². The molecule has 0 N–H and O–H groups in total. The number of rotatable bonds is 4. The number of sulfonamides is 2. The van der Waals surface area contributed by atoms with Crippen molar-refractivity contribution >= 4 is 67.0 Å². The summed E-state index contributed by atoms with van der Waals surface area (Å²) in [6.45, 7) is 3.92. The van der Waals surface area contributed by atoms with E-state index in [0.29, 0.717) is 10.0 Å². The Hall–Kier alpha value is -3.20. The number of hydrogen-bond acceptors (Lipinski definition) is 10. The molecule has 16 heteroatoms. The summed E-state index contributed by atoms with van der Waals surface area (Å²) >= 11 is 11.3. The van der Waals surface area contributed by atoms with Gasteiger partial charge in [-0.3, -0.25) is 9.59 Å². The molecular weight excluding hydrogens is 563 g/mol. The Morgan fingerprint density at radius 3 is 1.03 bits per heavy atom. The summed E-state index contributed by atoms with van der Waals surface area (Å²) in [5, 5.41) is 0.687. The molecule has 0 atom stereocenters. The van der Waals surface area contributed by atoms with Gasteiger partial charge in [-0.2, -0.15) is 16.8 Å². The Balaban J connectivity index is 0.000000360. The SMILES string of the molecule is CC(=O)ON(C(C)=O)S(=O)(=O)c1ccc(Cl)cc1.CC(=O)ON(C(C)=O)S(=O)(=O)c1ccc(Cl)cc1. The monoisotopic (exact) mass is 582 g/mol. The van der Waals surface area contributed by atoms with Crippen LogP contribution >= 0.6 is 23.2 Å². The van der Waals surface area contributed by atoms with Crippen LogP contribution in [-0.2, 0) is 48.9 Å². The van der Waals surface area contributed by atoms with Gasteiger partial charge in [-0.25, -0.2) is 9.59 Å². The van der Waals surface area contributed by atoms with Crippen molar-refractivity contribution in [3.63, 3.8) is 0 Å². The van der Waals surface area contributed by atoms with Crippen LogP contribution in [0.4, 0.5) is 0 Å². The van der Waals surface area contributed by atoms with Crippen LogP contribution in [0.1, 0.15) is 27.7 Å². The number of halogens is 2. The summed E-state index contributed by atoms with van der Waals surface area (Å²) in [6.07, 6.45) is 0. The molecule has 0 aliphatic carbocycles. The van der Waals surface area contributed by atoms with Crippen LogP contribution in [-0.4, -0.2) is 49.5 Å². The minimum Gasteiger partial charge on any atom is -0.323 e. The molecule has 0 spiro atoms. The van der Waals surface area contributed by atoms with Crippen LogP contribution in [0, 0.1) is 0 Å². The topological polar surface area (TPSA) is 161 Å². The largest absolute Gasteiger partial charge is 0.330 e. The van der Waals surface area contributed by atoms with Crippen molar-refractivity contribution in [2.75, 3.05) is 0 Å². The van der Waals surface area contributed by atoms with Crippen LogP contribution in [0.15, 0.2) is 58.3 Å². The summed E-state index contributed by atoms with van der Waals surface area (Å²) in [4.78, 5) is 52.4. The van der Waals surface area contributed by atoms with Crippen molar-refractivity contribution < 1.29 is 45.7 Å². The fraction of sp³-hybridized carbons (Fsp3) is 0.200. The number of benzene rings is 2. The second-order valence-electron chi connectivity index (χ2n) is 6.58. The Labute approximate surface area is 217 Å². The van der Waals surface area contributed by atoms with Gasteiger partial charge in [0.1, 0.15) is 0 Å². The maximum atomic E-state index is 12.0. The van der Waals surface area contributed by atoms with Crippen molar-refractivity contribution in [1.82, 2.24) is 8.94 Å². The highest BCUT2D eigenvalue weighted by Crippen LogP contribution is 2.20. The molecule has 0 heterocycles. The van der Waals surface area contributed by atoms with Crippen molar-refractivity contribution in [1.29, 1.82) is 0 Å². The smallest absolute Gasteiger partial charge is 0.323 e. The highest BCUT2D eigenvalue weighted by Gasteiger charge is 2.31. The third kappa shape index (κ3) is 8.48. The van der Waals surface area contributed by atoms with E-state index < -0.39 is 43.8 Å². The second kappa shape index (κ2) is 12.7. The summed E-state index contributed by atoms with van der Waals surface area (Å²) in [6, 6.07) is 10.2. The molecule has 12 nitrogen and oxygen atoms in total. The highest BCUT2D eigenvalue weighted by molar-refractivity contribution is 7.89. The quantitative estimate of drug-likeness (QED) is 0.490. The standard InChI is InChI=1S/2C10H10ClNO5S/c2*1-7(13)12(17-8(2)14)18(15,16)10-5-3-9(11)4-6-10/h2*3-6H,1-2H3. The first-order chi connectivity index (χ1) is 16.5. The van der Waals surface area contributed by atoms with Crippen molar-refractivity contribution in [2.24, 2.45) is 0 Å². The summed E-state index contributed by atoms with van der Waals surface area (Å²) in [5.74, 6) is -3.69. The van der Waals surface area contributed by atoms with Gasteiger partial charge in [0, 0.05) is 37.7 Å². The maximum Gasteiger partial charge on any atom is 0.330 e. The summed E-state index contributed by atoms with van der Waals surface area (Å²) < 4.78 is 48.1. The third-order valence-electron chi connectivity index (χ3n) is 3.60. The average Bonchev–Trinajstić information content (AvgIpc) is 2.76. The van der Waals surface area contributed by atoms with Gasteiger partial charge in [-0.1, -0.05) is 32.1 Å².